The SMILES string of the molecule is CC(=O)N[C@@H](C)C(=O)N[C@@H](C)C(=O)NC(Cc1ccccc1)C(C)=O. The molecule has 1 aromatic carbocycles. The molecule has 7 heteroatoms. The maximum Gasteiger partial charge on any atom is 0.242 e. The number of ketones is 1. The number of carbonyl (C=O) groups excluding carboxylic acids is 4. The van der Waals surface area contributed by atoms with E-state index in [0.29, 0.717) is 6.42 Å². The van der Waals surface area contributed by atoms with Crippen molar-refractivity contribution in [2.75, 3.05) is 0 Å². The highest BCUT2D eigenvalue weighted by Gasteiger charge is 2.24. The number of carbonyl (C=O) groups is 4. The summed E-state index contributed by atoms with van der Waals surface area (Å²) >= 11 is 0. The Balaban J connectivity index is 2.62. The summed E-state index contributed by atoms with van der Waals surface area (Å²) in [5, 5.41) is 7.62. The predicted octanol–water partition coefficient (Wildman–Crippen LogP) is 0.332. The molecule has 0 radical (unpaired) electrons. The third kappa shape index (κ3) is 7.15. The van der Waals surface area contributed by atoms with E-state index in [-0.39, 0.29) is 11.7 Å². The van der Waals surface area contributed by atoms with Gasteiger partial charge < -0.3 is 16.0 Å². The molecule has 3 atom stereocenters. The quantitative estimate of drug-likeness (QED) is 0.630. The van der Waals surface area contributed by atoms with E-state index in [0.717, 1.165) is 5.56 Å². The van der Waals surface area contributed by atoms with E-state index in [1.54, 1.807) is 0 Å². The number of benzene rings is 1. The zero-order chi connectivity index (χ0) is 19.0. The summed E-state index contributed by atoms with van der Waals surface area (Å²) in [6.07, 6.45) is 0.380. The second-order valence-electron chi connectivity index (χ2n) is 6.01. The minimum atomic E-state index is -0.832. The minimum Gasteiger partial charge on any atom is -0.345 e. The topological polar surface area (TPSA) is 104 Å². The number of rotatable bonds is 8. The van der Waals surface area contributed by atoms with Crippen LogP contribution in [0, 0.1) is 0 Å². The summed E-state index contributed by atoms with van der Waals surface area (Å²) < 4.78 is 0. The highest BCUT2D eigenvalue weighted by Crippen LogP contribution is 2.04. The van der Waals surface area contributed by atoms with Crippen molar-refractivity contribution in [2.45, 2.75) is 52.2 Å². The van der Waals surface area contributed by atoms with Crippen molar-refractivity contribution in [1.82, 2.24) is 16.0 Å². The summed E-state index contributed by atoms with van der Waals surface area (Å²) in [6.45, 7) is 5.76. The number of hydrogen-bond acceptors (Lipinski definition) is 4. The van der Waals surface area contributed by atoms with Gasteiger partial charge in [-0.05, 0) is 32.8 Å². The third-order valence-electron chi connectivity index (χ3n) is 3.65. The minimum absolute atomic E-state index is 0.164. The van der Waals surface area contributed by atoms with Crippen LogP contribution in [-0.2, 0) is 25.6 Å². The standard InChI is InChI=1S/C18H25N3O4/c1-11(19-14(4)23)17(24)20-12(2)18(25)21-16(13(3)22)10-15-8-6-5-7-9-15/h5-9,11-12,16H,10H2,1-4H3,(H,19,23)(H,20,24)(H,21,25)/t11-,12-,16?/m0/s1. The number of Topliss-reactive ketones (excluding diaryl/α,β-unsaturated/α-hetero) is 1. The fourth-order valence-electron chi connectivity index (χ4n) is 2.22. The van der Waals surface area contributed by atoms with E-state index in [1.807, 2.05) is 30.3 Å². The molecule has 1 rings (SSSR count). The summed E-state index contributed by atoms with van der Waals surface area (Å²) in [5.41, 5.74) is 0.930. The lowest BCUT2D eigenvalue weighted by Gasteiger charge is -2.21. The van der Waals surface area contributed by atoms with Crippen LogP contribution < -0.4 is 16.0 Å². The lowest BCUT2D eigenvalue weighted by Crippen LogP contribution is -2.54. The molecule has 7 nitrogen and oxygen atoms in total. The van der Waals surface area contributed by atoms with Crippen molar-refractivity contribution >= 4 is 23.5 Å². The highest BCUT2D eigenvalue weighted by molar-refractivity contribution is 5.93. The fourth-order valence-corrected chi connectivity index (χ4v) is 2.22. The van der Waals surface area contributed by atoms with Gasteiger partial charge in [0.1, 0.15) is 12.1 Å². The molecule has 136 valence electrons. The molecule has 1 unspecified atom stereocenters. The normalized spacial score (nSPS) is 13.9. The summed E-state index contributed by atoms with van der Waals surface area (Å²) in [6, 6.07) is 7.11. The van der Waals surface area contributed by atoms with Crippen LogP contribution in [0.1, 0.15) is 33.3 Å². The van der Waals surface area contributed by atoms with Crippen LogP contribution in [0.5, 0.6) is 0 Å². The third-order valence-corrected chi connectivity index (χ3v) is 3.65. The Morgan fingerprint density at radius 3 is 1.88 bits per heavy atom. The van der Waals surface area contributed by atoms with Gasteiger partial charge in [0.2, 0.25) is 17.7 Å². The first-order valence-electron chi connectivity index (χ1n) is 8.13. The molecule has 1 aromatic rings. The highest BCUT2D eigenvalue weighted by atomic mass is 16.2. The Hall–Kier alpha value is -2.70. The van der Waals surface area contributed by atoms with E-state index in [2.05, 4.69) is 16.0 Å². The molecule has 0 bridgehead atoms. The fraction of sp³-hybridized carbons (Fsp3) is 0.444. The molecule has 0 heterocycles. The van der Waals surface area contributed by atoms with Gasteiger partial charge in [-0.3, -0.25) is 19.2 Å². The average molecular weight is 347 g/mol. The molecule has 0 aromatic heterocycles. The molecule has 0 aliphatic heterocycles. The van der Waals surface area contributed by atoms with Crippen LogP contribution in [0.4, 0.5) is 0 Å². The van der Waals surface area contributed by atoms with E-state index < -0.39 is 29.9 Å². The molecule has 3 N–H and O–H groups in total. The predicted molar refractivity (Wildman–Crippen MR) is 93.6 cm³/mol. The number of amides is 3. The van der Waals surface area contributed by atoms with Crippen molar-refractivity contribution in [3.05, 3.63) is 35.9 Å². The van der Waals surface area contributed by atoms with Gasteiger partial charge in [0.15, 0.2) is 5.78 Å². The first-order chi connectivity index (χ1) is 11.7. The number of hydrogen-bond donors (Lipinski definition) is 3. The van der Waals surface area contributed by atoms with Gasteiger partial charge in [0.05, 0.1) is 6.04 Å². The Labute approximate surface area is 147 Å². The molecule has 0 fully saturated rings. The van der Waals surface area contributed by atoms with E-state index in [9.17, 15) is 19.2 Å². The molecule has 3 amide bonds. The zero-order valence-corrected chi connectivity index (χ0v) is 15.0. The summed E-state index contributed by atoms with van der Waals surface area (Å²) in [5.74, 6) is -1.43. The Morgan fingerprint density at radius 2 is 1.36 bits per heavy atom. The van der Waals surface area contributed by atoms with Crippen LogP contribution in [-0.4, -0.2) is 41.6 Å². The van der Waals surface area contributed by atoms with Gasteiger partial charge in [-0.15, -0.1) is 0 Å². The van der Waals surface area contributed by atoms with Gasteiger partial charge in [-0.2, -0.15) is 0 Å². The Morgan fingerprint density at radius 1 is 0.840 bits per heavy atom. The molecular formula is C18H25N3O4. The molecule has 0 saturated carbocycles. The van der Waals surface area contributed by atoms with Crippen molar-refractivity contribution < 1.29 is 19.2 Å². The summed E-state index contributed by atoms with van der Waals surface area (Å²) in [7, 11) is 0. The van der Waals surface area contributed by atoms with E-state index in [1.165, 1.54) is 27.7 Å². The Bertz CT molecular complexity index is 630. The second kappa shape index (κ2) is 9.56. The van der Waals surface area contributed by atoms with Crippen molar-refractivity contribution in [3.63, 3.8) is 0 Å². The van der Waals surface area contributed by atoms with Gasteiger partial charge in [-0.25, -0.2) is 0 Å². The van der Waals surface area contributed by atoms with Gasteiger partial charge >= 0.3 is 0 Å². The van der Waals surface area contributed by atoms with Gasteiger partial charge in [0.25, 0.3) is 0 Å². The molecule has 0 aliphatic rings. The molecular weight excluding hydrogens is 322 g/mol. The maximum atomic E-state index is 12.3. The monoisotopic (exact) mass is 347 g/mol. The average Bonchev–Trinajstić information content (AvgIpc) is 2.54. The van der Waals surface area contributed by atoms with Crippen molar-refractivity contribution in [3.8, 4) is 0 Å². The lowest BCUT2D eigenvalue weighted by atomic mass is 10.0. The Kier molecular flexibility index (Phi) is 7.78. The zero-order valence-electron chi connectivity index (χ0n) is 15.0. The van der Waals surface area contributed by atoms with Crippen LogP contribution in [0.2, 0.25) is 0 Å². The van der Waals surface area contributed by atoms with E-state index in [4.69, 9.17) is 0 Å². The molecule has 25 heavy (non-hydrogen) atoms. The second-order valence-corrected chi connectivity index (χ2v) is 6.01. The maximum absolute atomic E-state index is 12.3. The van der Waals surface area contributed by atoms with Gasteiger partial charge in [0, 0.05) is 6.92 Å². The molecule has 0 aliphatic carbocycles. The smallest absolute Gasteiger partial charge is 0.242 e. The first-order valence-corrected chi connectivity index (χ1v) is 8.13. The number of nitrogens with one attached hydrogen (secondary N) is 3. The van der Waals surface area contributed by atoms with Crippen molar-refractivity contribution in [1.29, 1.82) is 0 Å². The summed E-state index contributed by atoms with van der Waals surface area (Å²) in [4.78, 5) is 47.0. The van der Waals surface area contributed by atoms with E-state index >= 15 is 0 Å². The van der Waals surface area contributed by atoms with Crippen LogP contribution >= 0.6 is 0 Å². The van der Waals surface area contributed by atoms with Crippen LogP contribution in [0.25, 0.3) is 0 Å². The lowest BCUT2D eigenvalue weighted by molar-refractivity contribution is -0.132. The molecule has 0 spiro atoms. The first kappa shape index (κ1) is 20.3. The van der Waals surface area contributed by atoms with Crippen molar-refractivity contribution in [2.24, 2.45) is 0 Å². The molecule has 0 saturated heterocycles. The van der Waals surface area contributed by atoms with Crippen LogP contribution in [0.15, 0.2) is 30.3 Å². The van der Waals surface area contributed by atoms with Crippen LogP contribution in [0.3, 0.4) is 0 Å². The largest absolute Gasteiger partial charge is 0.345 e. The van der Waals surface area contributed by atoms with Gasteiger partial charge in [-0.1, -0.05) is 30.3 Å².